The number of carbonyl (C=O) groups excluding carboxylic acids is 1. The number of fused-ring (bicyclic) bond motifs is 2. The van der Waals surface area contributed by atoms with Crippen LogP contribution in [-0.2, 0) is 9.59 Å². The van der Waals surface area contributed by atoms with Gasteiger partial charge in [0, 0.05) is 15.6 Å². The number of rotatable bonds is 10. The van der Waals surface area contributed by atoms with Crippen LogP contribution in [0.5, 0.6) is 11.5 Å². The van der Waals surface area contributed by atoms with E-state index >= 15 is 0 Å². The monoisotopic (exact) mass is 820 g/mol. The Labute approximate surface area is 379 Å². The second-order valence-electron chi connectivity index (χ2n) is 11.7. The van der Waals surface area contributed by atoms with Crippen LogP contribution in [0.2, 0.25) is 10.0 Å². The first-order chi connectivity index (χ1) is 26.2. The number of nitrogens with zero attached hydrogens (tertiary/aromatic N) is 6. The van der Waals surface area contributed by atoms with Gasteiger partial charge >= 0.3 is 65.1 Å². The molecule has 57 heavy (non-hydrogen) atoms. The maximum Gasteiger partial charge on any atom is 1.00 e. The van der Waals surface area contributed by atoms with Crippen LogP contribution >= 0.6 is 23.2 Å². The van der Waals surface area contributed by atoms with Crippen molar-refractivity contribution in [3.63, 3.8) is 0 Å². The van der Waals surface area contributed by atoms with E-state index in [2.05, 4.69) is 20.4 Å². The summed E-state index contributed by atoms with van der Waals surface area (Å²) >= 11 is 12.3. The molecule has 2 atom stereocenters. The molecule has 0 aliphatic rings. The number of carbonyl (C=O) groups is 2. The van der Waals surface area contributed by atoms with E-state index in [-0.39, 0.29) is 70.3 Å². The zero-order valence-electron chi connectivity index (χ0n) is 30.4. The number of aliphatic carboxylic acids is 2. The number of ether oxygens (including phenoxy) is 2. The first-order valence-electron chi connectivity index (χ1n) is 16.3. The summed E-state index contributed by atoms with van der Waals surface area (Å²) in [7, 11) is 0. The van der Waals surface area contributed by atoms with Gasteiger partial charge < -0.3 is 30.0 Å². The van der Waals surface area contributed by atoms with Gasteiger partial charge in [0.1, 0.15) is 44.9 Å². The van der Waals surface area contributed by atoms with Crippen LogP contribution in [0.4, 0.5) is 0 Å². The molecule has 2 N–H and O–H groups in total. The smallest absolute Gasteiger partial charge is 0.870 e. The van der Waals surface area contributed by atoms with Crippen LogP contribution in [0.15, 0.2) is 146 Å². The van der Waals surface area contributed by atoms with E-state index in [0.29, 0.717) is 60.4 Å². The van der Waals surface area contributed by atoms with Crippen LogP contribution in [0.3, 0.4) is 0 Å². The van der Waals surface area contributed by atoms with Crippen molar-refractivity contribution in [1.29, 1.82) is 0 Å². The Bertz CT molecular complexity index is 2350. The van der Waals surface area contributed by atoms with Crippen LogP contribution in [-0.4, -0.2) is 52.5 Å². The third-order valence-electron chi connectivity index (χ3n) is 7.98. The number of hydrogen-bond donors (Lipinski definition) is 1. The molecule has 8 aromatic rings. The van der Waals surface area contributed by atoms with Crippen molar-refractivity contribution in [2.45, 2.75) is 12.2 Å². The summed E-state index contributed by atoms with van der Waals surface area (Å²) in [5.41, 5.74) is 4.71. The van der Waals surface area contributed by atoms with Crippen molar-refractivity contribution in [3.8, 4) is 22.9 Å². The van der Waals surface area contributed by atoms with E-state index < -0.39 is 24.1 Å². The van der Waals surface area contributed by atoms with E-state index in [0.717, 1.165) is 0 Å². The van der Waals surface area contributed by atoms with Gasteiger partial charge in [-0.15, -0.1) is 30.0 Å². The predicted molar refractivity (Wildman–Crippen MR) is 202 cm³/mol. The van der Waals surface area contributed by atoms with Crippen molar-refractivity contribution in [3.05, 3.63) is 167 Å². The summed E-state index contributed by atoms with van der Waals surface area (Å²) in [6.45, 7) is 0. The third-order valence-corrected chi connectivity index (χ3v) is 8.45. The summed E-state index contributed by atoms with van der Waals surface area (Å²) in [4.78, 5) is 26.2. The van der Waals surface area contributed by atoms with Gasteiger partial charge in [0.25, 0.3) is 0 Å². The van der Waals surface area contributed by atoms with E-state index in [4.69, 9.17) is 32.7 Å². The van der Waals surface area contributed by atoms with Gasteiger partial charge in [0.05, 0.1) is 5.97 Å². The molecule has 2 unspecified atom stereocenters. The van der Waals surface area contributed by atoms with Gasteiger partial charge in [-0.1, -0.05) is 108 Å². The van der Waals surface area contributed by atoms with Crippen molar-refractivity contribution in [1.82, 2.24) is 30.0 Å². The molecule has 0 aliphatic heterocycles. The fraction of sp³-hybridized carbons (Fsp3) is 0.0500. The fourth-order valence-electron chi connectivity index (χ4n) is 5.45. The molecule has 2 heterocycles. The summed E-state index contributed by atoms with van der Waals surface area (Å²) in [5.74, 6) is -1.85. The number of carboxylic acids is 2. The van der Waals surface area contributed by atoms with Crippen molar-refractivity contribution < 1.29 is 93.9 Å². The van der Waals surface area contributed by atoms with Crippen LogP contribution in [0, 0.1) is 0 Å². The first-order valence-corrected chi connectivity index (χ1v) is 17.1. The quantitative estimate of drug-likeness (QED) is 0.195. The Morgan fingerprint density at radius 3 is 1.23 bits per heavy atom. The topological polar surface area (TPSA) is 187 Å². The van der Waals surface area contributed by atoms with Gasteiger partial charge in [-0.3, -0.25) is 0 Å². The summed E-state index contributed by atoms with van der Waals surface area (Å²) in [6, 6.07) is 41.8. The van der Waals surface area contributed by atoms with Crippen LogP contribution in [0.25, 0.3) is 33.4 Å². The predicted octanol–water partition coefficient (Wildman–Crippen LogP) is 1.05. The van der Waals surface area contributed by atoms with E-state index in [9.17, 15) is 19.8 Å². The van der Waals surface area contributed by atoms with Gasteiger partial charge in [-0.25, -0.2) is 4.79 Å². The standard InChI is InChI=1S/2C20H14ClN3O3.2Na.H2O/c2*21-14-10-11-18(27-19(20(25)26)13-6-2-1-3-7-13)17(12-14)24-22-15-8-4-5-9-16(15)23-24;;;/h2*1-12,19H,(H,25,26);;;1H2/q;;2*+1;/p-2. The second kappa shape index (κ2) is 20.6. The number of benzene rings is 6. The molecule has 0 radical (unpaired) electrons. The Morgan fingerprint density at radius 2 is 0.877 bits per heavy atom. The average Bonchev–Trinajstić information content (AvgIpc) is 3.82. The van der Waals surface area contributed by atoms with Crippen molar-refractivity contribution in [2.75, 3.05) is 0 Å². The Kier molecular flexibility index (Phi) is 16.2. The zero-order chi connectivity index (χ0) is 37.6. The normalized spacial score (nSPS) is 11.4. The fourth-order valence-corrected chi connectivity index (χ4v) is 5.78. The minimum atomic E-state index is -1.35. The van der Waals surface area contributed by atoms with E-state index in [1.807, 2.05) is 54.6 Å². The third kappa shape index (κ3) is 10.8. The Morgan fingerprint density at radius 1 is 0.544 bits per heavy atom. The molecule has 17 heteroatoms. The number of halogens is 2. The molecule has 276 valence electrons. The van der Waals surface area contributed by atoms with Crippen LogP contribution < -0.4 is 73.7 Å². The van der Waals surface area contributed by atoms with E-state index in [1.165, 1.54) is 9.59 Å². The molecule has 0 amide bonds. The maximum absolute atomic E-state index is 11.8. The molecule has 0 spiro atoms. The molecule has 0 bridgehead atoms. The van der Waals surface area contributed by atoms with Gasteiger partial charge in [-0.2, -0.15) is 0 Å². The van der Waals surface area contributed by atoms with Gasteiger partial charge in [0.15, 0.2) is 6.10 Å². The molecule has 13 nitrogen and oxygen atoms in total. The van der Waals surface area contributed by atoms with Crippen molar-refractivity contribution in [2.24, 2.45) is 0 Å². The minimum Gasteiger partial charge on any atom is -0.870 e. The van der Waals surface area contributed by atoms with Crippen molar-refractivity contribution >= 4 is 57.2 Å². The molecule has 0 saturated carbocycles. The Balaban J connectivity index is 0.000000240. The van der Waals surface area contributed by atoms with E-state index in [1.54, 1.807) is 91.0 Å². The van der Waals surface area contributed by atoms with Gasteiger partial charge in [-0.05, 0) is 66.2 Å². The number of hydrogen-bond acceptors (Lipinski definition) is 10. The Hall–Kier alpha value is -4.80. The molecule has 8 rings (SSSR count). The first kappa shape index (κ1) is 44.9. The molecule has 0 saturated heterocycles. The number of aromatic nitrogens is 6. The summed E-state index contributed by atoms with van der Waals surface area (Å²) < 4.78 is 11.6. The second-order valence-corrected chi connectivity index (χ2v) is 12.5. The zero-order valence-corrected chi connectivity index (χ0v) is 35.9. The molecule has 0 aliphatic carbocycles. The molecule has 0 fully saturated rings. The molecule has 6 aromatic carbocycles. The molecular formula is C40H28Cl2N6Na2O7. The average molecular weight is 822 g/mol. The number of carboxylic acid groups (broad SMARTS) is 2. The van der Waals surface area contributed by atoms with Gasteiger partial charge in [0.2, 0.25) is 6.10 Å². The maximum atomic E-state index is 11.8. The largest absolute Gasteiger partial charge is 1.00 e. The summed E-state index contributed by atoms with van der Waals surface area (Å²) in [5, 5.41) is 39.9. The summed E-state index contributed by atoms with van der Waals surface area (Å²) in [6.07, 6.45) is -2.45. The molecular weight excluding hydrogens is 793 g/mol. The SMILES string of the molecule is O=C(O)C(Oc1ccc(Cl)cc1-n1nc2ccccc2n1)c1ccccc1.O=C([O-])C(Oc1ccc(Cl)cc1-n1nc2ccccc2n1)c1ccccc1.[Na+].[Na+].[OH-]. The minimum absolute atomic E-state index is 0. The van der Waals surface area contributed by atoms with Crippen LogP contribution in [0.1, 0.15) is 23.3 Å². The molecule has 2 aromatic heterocycles.